The lowest BCUT2D eigenvalue weighted by molar-refractivity contribution is -0.360. The van der Waals surface area contributed by atoms with Gasteiger partial charge in [-0.3, -0.25) is 28.2 Å². The largest absolute Gasteiger partial charge is 0.472 e. The number of aliphatic hydroxyl groups excluding tert-OH is 9. The summed E-state index contributed by atoms with van der Waals surface area (Å²) in [5.41, 5.74) is 0. The van der Waals surface area contributed by atoms with Crippen LogP contribution in [0.5, 0.6) is 0 Å². The number of hydrogen-bond acceptors (Lipinski definition) is 24. The van der Waals surface area contributed by atoms with Gasteiger partial charge in [-0.15, -0.1) is 0 Å². The van der Waals surface area contributed by atoms with E-state index in [1.54, 1.807) is 0 Å². The van der Waals surface area contributed by atoms with E-state index in [2.05, 4.69) is 39.8 Å². The Balaban J connectivity index is 1.91. The van der Waals surface area contributed by atoms with Gasteiger partial charge in [0.1, 0.15) is 92.6 Å². The van der Waals surface area contributed by atoms with Crippen molar-refractivity contribution in [2.24, 2.45) is 0 Å². The predicted molar refractivity (Wildman–Crippen MR) is 458 cm³/mol. The van der Waals surface area contributed by atoms with Crippen LogP contribution in [0.3, 0.4) is 0 Å². The highest BCUT2D eigenvalue weighted by Crippen LogP contribution is 2.49. The van der Waals surface area contributed by atoms with Gasteiger partial charge in [-0.05, 0) is 51.4 Å². The Hall–Kier alpha value is -2.79. The molecule has 0 bridgehead atoms. The fraction of sp³-hybridized carbons (Fsp3) is 0.935. The van der Waals surface area contributed by atoms with Crippen LogP contribution in [0.2, 0.25) is 0 Å². The number of aliphatic hydroxyl groups is 9. The number of phosphoric acid groups is 1. The number of hydrogen-bond donors (Lipinski definition) is 10. The summed E-state index contributed by atoms with van der Waals surface area (Å²) < 4.78 is 73.5. The van der Waals surface area contributed by atoms with E-state index >= 15 is 0 Å². The Morgan fingerprint density at radius 3 is 1.02 bits per heavy atom. The minimum Gasteiger partial charge on any atom is -0.463 e. The second-order valence-electron chi connectivity index (χ2n) is 34.2. The van der Waals surface area contributed by atoms with Crippen LogP contribution in [0.4, 0.5) is 0 Å². The standard InChI is InChI=1S/C92H171O25P/c1-5-9-13-17-21-25-29-33-36-39-43-46-50-54-58-62-66-77(96)111-72(69-108-75(94)64-60-56-52-48-44-40-32-28-24-20-16-12-8-4)70-110-118(106,107)117-90-88(115-91-85(104)81(100)79(98)73(68-93)112-91)84(103)83(102)87(114-78(97)67-63-59-55-51-47-42-38-35-31-27-23-19-15-11-7-3)89(90)116-92-86(105)82(101)80(99)74(113-92)71-109-76(95)65-61-57-53-49-45-41-37-34-30-26-22-18-14-10-6-2/h27,31,72-74,79-93,98-105H,5-26,28-30,32-71H2,1-4H3,(H,106,107)/b31-27-. The molecule has 2 heterocycles. The molecule has 2 saturated heterocycles. The van der Waals surface area contributed by atoms with Gasteiger partial charge in [0, 0.05) is 25.7 Å². The van der Waals surface area contributed by atoms with Crippen molar-refractivity contribution >= 4 is 31.7 Å². The SMILES string of the molecule is CCCCCC/C=C\CCCCCCCCCC(=O)OC1C(O)C(O)C(OC2OC(CO)C(O)C(O)C2O)C(OP(=O)(O)OCC(COC(=O)CCCCCCCCCCCCCCC)OC(=O)CCCCCCCCCCCCCCCCCC)C1OC1OC(COC(=O)CCCCCCCCCCCCCCCCC)C(O)C(O)C1O. The number of rotatable bonds is 78. The van der Waals surface area contributed by atoms with Crippen LogP contribution in [-0.2, 0) is 70.7 Å². The van der Waals surface area contributed by atoms with Crippen molar-refractivity contribution in [3.63, 3.8) is 0 Å². The summed E-state index contributed by atoms with van der Waals surface area (Å²) >= 11 is 0. The normalized spacial score (nSPS) is 24.9. The van der Waals surface area contributed by atoms with Crippen LogP contribution in [-0.4, -0.2) is 205 Å². The third-order valence-corrected chi connectivity index (χ3v) is 24.5. The maximum absolute atomic E-state index is 14.9. The molecule has 0 aromatic rings. The van der Waals surface area contributed by atoms with E-state index in [4.69, 9.17) is 46.9 Å². The van der Waals surface area contributed by atoms with E-state index in [0.29, 0.717) is 32.1 Å². The minimum absolute atomic E-state index is 0.0184. The molecule has 3 rings (SSSR count). The Kier molecular flexibility index (Phi) is 66.2. The molecule has 0 spiro atoms. The van der Waals surface area contributed by atoms with E-state index < -0.39 is 162 Å². The topological polar surface area (TPSA) is 380 Å². The molecule has 694 valence electrons. The predicted octanol–water partition coefficient (Wildman–Crippen LogP) is 17.9. The molecule has 0 amide bonds. The van der Waals surface area contributed by atoms with Crippen molar-refractivity contribution in [1.29, 1.82) is 0 Å². The second kappa shape index (κ2) is 71.4. The summed E-state index contributed by atoms with van der Waals surface area (Å²) in [5.74, 6) is -2.95. The van der Waals surface area contributed by atoms with Gasteiger partial charge in [-0.25, -0.2) is 4.57 Å². The van der Waals surface area contributed by atoms with E-state index in [1.165, 1.54) is 193 Å². The fourth-order valence-corrected chi connectivity index (χ4v) is 16.9. The average molecular weight is 1710 g/mol. The summed E-state index contributed by atoms with van der Waals surface area (Å²) in [6, 6.07) is 0. The van der Waals surface area contributed by atoms with Crippen LogP contribution in [0.25, 0.3) is 0 Å². The van der Waals surface area contributed by atoms with E-state index in [1.807, 2.05) is 0 Å². The Labute approximate surface area is 712 Å². The van der Waals surface area contributed by atoms with Gasteiger partial charge < -0.3 is 88.7 Å². The van der Waals surface area contributed by atoms with Crippen LogP contribution < -0.4 is 0 Å². The van der Waals surface area contributed by atoms with Crippen LogP contribution >= 0.6 is 7.82 Å². The van der Waals surface area contributed by atoms with Crippen molar-refractivity contribution in [2.75, 3.05) is 26.4 Å². The van der Waals surface area contributed by atoms with E-state index in [-0.39, 0.29) is 25.7 Å². The summed E-state index contributed by atoms with van der Waals surface area (Å²) in [7, 11) is -5.80. The van der Waals surface area contributed by atoms with Crippen LogP contribution in [0.1, 0.15) is 419 Å². The number of unbranched alkanes of at least 4 members (excludes halogenated alkanes) is 52. The van der Waals surface area contributed by atoms with Gasteiger partial charge in [0.15, 0.2) is 24.8 Å². The molecular formula is C92H171O25P. The first-order valence-electron chi connectivity index (χ1n) is 47.9. The molecule has 3 fully saturated rings. The number of carbonyl (C=O) groups is 4. The molecule has 0 aromatic heterocycles. The van der Waals surface area contributed by atoms with Crippen molar-refractivity contribution in [2.45, 2.75) is 524 Å². The summed E-state index contributed by atoms with van der Waals surface area (Å²) in [4.78, 5) is 66.5. The lowest BCUT2D eigenvalue weighted by Crippen LogP contribution is -2.70. The highest BCUT2D eigenvalue weighted by atomic mass is 31.2. The summed E-state index contributed by atoms with van der Waals surface area (Å²) in [6.45, 7) is 5.62. The molecule has 3 aliphatic rings. The zero-order valence-corrected chi connectivity index (χ0v) is 74.9. The first kappa shape index (κ1) is 109. The van der Waals surface area contributed by atoms with Crippen molar-refractivity contribution in [3.8, 4) is 0 Å². The van der Waals surface area contributed by atoms with Gasteiger partial charge >= 0.3 is 31.7 Å². The van der Waals surface area contributed by atoms with Crippen molar-refractivity contribution in [1.82, 2.24) is 0 Å². The smallest absolute Gasteiger partial charge is 0.463 e. The first-order valence-corrected chi connectivity index (χ1v) is 49.4. The minimum atomic E-state index is -5.80. The molecule has 18 unspecified atom stereocenters. The van der Waals surface area contributed by atoms with Gasteiger partial charge in [-0.2, -0.15) is 0 Å². The fourth-order valence-electron chi connectivity index (χ4n) is 15.9. The molecule has 1 saturated carbocycles. The number of allylic oxidation sites excluding steroid dienone is 2. The first-order chi connectivity index (χ1) is 57.2. The lowest BCUT2D eigenvalue weighted by Gasteiger charge is -2.50. The monoisotopic (exact) mass is 1710 g/mol. The lowest BCUT2D eigenvalue weighted by atomic mass is 9.84. The molecule has 118 heavy (non-hydrogen) atoms. The number of carbonyl (C=O) groups excluding carboxylic acids is 4. The molecule has 25 nitrogen and oxygen atoms in total. The maximum atomic E-state index is 14.9. The number of esters is 4. The maximum Gasteiger partial charge on any atom is 0.472 e. The van der Waals surface area contributed by atoms with Gasteiger partial charge in [-0.1, -0.05) is 354 Å². The molecular weight excluding hydrogens is 1540 g/mol. The van der Waals surface area contributed by atoms with Gasteiger partial charge in [0.25, 0.3) is 0 Å². The highest BCUT2D eigenvalue weighted by Gasteiger charge is 2.60. The number of phosphoric ester groups is 1. The Morgan fingerprint density at radius 2 is 0.636 bits per heavy atom. The van der Waals surface area contributed by atoms with Crippen LogP contribution in [0.15, 0.2) is 12.2 Å². The third kappa shape index (κ3) is 51.0. The summed E-state index contributed by atoms with van der Waals surface area (Å²) in [5, 5.41) is 102. The number of ether oxygens (including phenoxy) is 8. The van der Waals surface area contributed by atoms with Gasteiger partial charge in [0.2, 0.25) is 0 Å². The molecule has 26 heteroatoms. The van der Waals surface area contributed by atoms with Gasteiger partial charge in [0.05, 0.1) is 13.2 Å². The van der Waals surface area contributed by atoms with Crippen molar-refractivity contribution in [3.05, 3.63) is 12.2 Å². The molecule has 2 aliphatic heterocycles. The van der Waals surface area contributed by atoms with E-state index in [9.17, 15) is 74.6 Å². The second-order valence-corrected chi connectivity index (χ2v) is 35.6. The Bertz CT molecular complexity index is 2500. The van der Waals surface area contributed by atoms with Crippen LogP contribution in [0, 0.1) is 0 Å². The molecule has 10 N–H and O–H groups in total. The molecule has 1 aliphatic carbocycles. The molecule has 0 radical (unpaired) electrons. The average Bonchev–Trinajstić information content (AvgIpc) is 0.755. The summed E-state index contributed by atoms with van der Waals surface area (Å²) in [6.07, 6.45) is 30.4. The zero-order valence-electron chi connectivity index (χ0n) is 74.0. The van der Waals surface area contributed by atoms with Crippen molar-refractivity contribution < 1.29 is 122 Å². The third-order valence-electron chi connectivity index (χ3n) is 23.5. The highest BCUT2D eigenvalue weighted by molar-refractivity contribution is 7.47. The quantitative estimate of drug-likeness (QED) is 0.00889. The molecule has 0 aromatic carbocycles. The molecule has 18 atom stereocenters. The Morgan fingerprint density at radius 1 is 0.331 bits per heavy atom. The van der Waals surface area contributed by atoms with E-state index in [0.717, 1.165) is 141 Å². The zero-order chi connectivity index (χ0) is 86.1.